The zero-order valence-corrected chi connectivity index (χ0v) is 19.5. The van der Waals surface area contributed by atoms with E-state index in [4.69, 9.17) is 10.8 Å². The van der Waals surface area contributed by atoms with Gasteiger partial charge in [-0.3, -0.25) is 4.79 Å². The van der Waals surface area contributed by atoms with E-state index in [1.54, 1.807) is 66.9 Å². The summed E-state index contributed by atoms with van der Waals surface area (Å²) in [5, 5.41) is 4.75. The van der Waals surface area contributed by atoms with E-state index in [0.717, 1.165) is 27.9 Å². The smallest absolute Gasteiger partial charge is 0.268 e. The molecule has 0 aliphatic heterocycles. The van der Waals surface area contributed by atoms with Gasteiger partial charge in [0.15, 0.2) is 0 Å². The van der Waals surface area contributed by atoms with Gasteiger partial charge >= 0.3 is 0 Å². The molecule has 0 atom stereocenters. The quantitative estimate of drug-likeness (QED) is 0.411. The Labute approximate surface area is 197 Å². The molecule has 0 saturated heterocycles. The van der Waals surface area contributed by atoms with Crippen LogP contribution < -0.4 is 5.73 Å². The van der Waals surface area contributed by atoms with Crippen molar-refractivity contribution >= 4 is 21.4 Å². The van der Waals surface area contributed by atoms with Gasteiger partial charge < -0.3 is 5.73 Å². The van der Waals surface area contributed by atoms with E-state index >= 15 is 0 Å². The molecule has 5 rings (SSSR count). The van der Waals surface area contributed by atoms with E-state index in [1.807, 2.05) is 36.5 Å². The molecule has 2 aromatic carbocycles. The van der Waals surface area contributed by atoms with Crippen LogP contribution in [-0.2, 0) is 10.0 Å². The molecule has 0 unspecified atom stereocenters. The summed E-state index contributed by atoms with van der Waals surface area (Å²) in [6.07, 6.45) is 1.86. The van der Waals surface area contributed by atoms with E-state index in [9.17, 15) is 13.2 Å². The van der Waals surface area contributed by atoms with Gasteiger partial charge in [-0.25, -0.2) is 16.9 Å². The second kappa shape index (κ2) is 8.00. The number of primary amides is 1. The zero-order valence-electron chi connectivity index (χ0n) is 18.6. The topological polar surface area (TPSA) is 99.5 Å². The lowest BCUT2D eigenvalue weighted by Gasteiger charge is -2.11. The van der Waals surface area contributed by atoms with Crippen molar-refractivity contribution in [2.45, 2.75) is 18.7 Å². The van der Waals surface area contributed by atoms with Crippen molar-refractivity contribution in [1.29, 1.82) is 0 Å². The molecule has 0 aliphatic rings. The van der Waals surface area contributed by atoms with Crippen molar-refractivity contribution in [1.82, 2.24) is 13.6 Å². The standard InChI is InChI=1S/C26H22N4O3S/c1-17-6-7-18(2)30(17)34(32,33)22-14-12-19(13-15-22)24-23-5-3-4-16-29(23)28-25(24)20-8-10-21(11-9-20)26(27)31/h3-16H,1-2H3,(H2,27,31). The number of aryl methyl sites for hydroxylation is 2. The highest BCUT2D eigenvalue weighted by Crippen LogP contribution is 2.36. The molecule has 2 N–H and O–H groups in total. The van der Waals surface area contributed by atoms with Gasteiger partial charge in [-0.15, -0.1) is 0 Å². The van der Waals surface area contributed by atoms with Gasteiger partial charge in [-0.1, -0.05) is 30.3 Å². The summed E-state index contributed by atoms with van der Waals surface area (Å²) in [7, 11) is -3.71. The molecule has 0 saturated carbocycles. The number of hydrogen-bond acceptors (Lipinski definition) is 4. The molecule has 3 aromatic heterocycles. The lowest BCUT2D eigenvalue weighted by atomic mass is 9.99. The summed E-state index contributed by atoms with van der Waals surface area (Å²) in [5.74, 6) is -0.494. The number of rotatable bonds is 5. The third-order valence-corrected chi connectivity index (χ3v) is 7.80. The summed E-state index contributed by atoms with van der Waals surface area (Å²) in [6.45, 7) is 3.54. The van der Waals surface area contributed by atoms with E-state index in [0.29, 0.717) is 17.0 Å². The minimum absolute atomic E-state index is 0.211. The number of benzene rings is 2. The molecular formula is C26H22N4O3S. The number of carbonyl (C=O) groups excluding carboxylic acids is 1. The molecule has 170 valence electrons. The molecule has 0 bridgehead atoms. The van der Waals surface area contributed by atoms with Crippen molar-refractivity contribution in [3.8, 4) is 22.4 Å². The van der Waals surface area contributed by atoms with Gasteiger partial charge in [0, 0.05) is 34.3 Å². The number of pyridine rings is 1. The first-order valence-electron chi connectivity index (χ1n) is 10.7. The predicted molar refractivity (Wildman–Crippen MR) is 131 cm³/mol. The first-order chi connectivity index (χ1) is 16.3. The Morgan fingerprint density at radius 2 is 1.44 bits per heavy atom. The fourth-order valence-electron chi connectivity index (χ4n) is 4.21. The summed E-state index contributed by atoms with van der Waals surface area (Å²) in [6, 6.07) is 23.1. The minimum atomic E-state index is -3.71. The lowest BCUT2D eigenvalue weighted by molar-refractivity contribution is 0.100. The predicted octanol–water partition coefficient (Wildman–Crippen LogP) is 4.42. The van der Waals surface area contributed by atoms with Gasteiger partial charge in [-0.05, 0) is 67.9 Å². The lowest BCUT2D eigenvalue weighted by Crippen LogP contribution is -2.15. The van der Waals surface area contributed by atoms with Gasteiger partial charge in [0.1, 0.15) is 5.69 Å². The van der Waals surface area contributed by atoms with Crippen LogP contribution >= 0.6 is 0 Å². The average Bonchev–Trinajstić information content (AvgIpc) is 3.39. The summed E-state index contributed by atoms with van der Waals surface area (Å²) in [5.41, 5.74) is 11.2. The fraction of sp³-hybridized carbons (Fsp3) is 0.0769. The highest BCUT2D eigenvalue weighted by Gasteiger charge is 2.22. The van der Waals surface area contributed by atoms with Crippen LogP contribution in [0.1, 0.15) is 21.7 Å². The second-order valence-electron chi connectivity index (χ2n) is 8.11. The normalized spacial score (nSPS) is 11.7. The summed E-state index contributed by atoms with van der Waals surface area (Å²) < 4.78 is 29.6. The van der Waals surface area contributed by atoms with E-state index < -0.39 is 15.9 Å². The SMILES string of the molecule is Cc1ccc(C)n1S(=O)(=O)c1ccc(-c2c(-c3ccc(C(N)=O)cc3)nn3ccccc23)cc1. The Bertz CT molecular complexity index is 1630. The monoisotopic (exact) mass is 470 g/mol. The summed E-state index contributed by atoms with van der Waals surface area (Å²) in [4.78, 5) is 11.7. The first kappa shape index (κ1) is 21.7. The summed E-state index contributed by atoms with van der Waals surface area (Å²) >= 11 is 0. The largest absolute Gasteiger partial charge is 0.366 e. The van der Waals surface area contributed by atoms with Crippen LogP contribution in [0.3, 0.4) is 0 Å². The Kier molecular flexibility index (Phi) is 5.10. The highest BCUT2D eigenvalue weighted by molar-refractivity contribution is 7.90. The third-order valence-electron chi connectivity index (χ3n) is 5.87. The van der Waals surface area contributed by atoms with Gasteiger partial charge in [0.25, 0.3) is 10.0 Å². The second-order valence-corrected chi connectivity index (χ2v) is 9.89. The number of amides is 1. The van der Waals surface area contributed by atoms with Gasteiger partial charge in [0.2, 0.25) is 5.91 Å². The number of aromatic nitrogens is 3. The highest BCUT2D eigenvalue weighted by atomic mass is 32.2. The van der Waals surface area contributed by atoms with Crippen LogP contribution in [0.25, 0.3) is 27.9 Å². The molecule has 34 heavy (non-hydrogen) atoms. The molecular weight excluding hydrogens is 448 g/mol. The van der Waals surface area contributed by atoms with Crippen LogP contribution in [0, 0.1) is 13.8 Å². The van der Waals surface area contributed by atoms with Crippen molar-refractivity contribution in [3.63, 3.8) is 0 Å². The molecule has 3 heterocycles. The van der Waals surface area contributed by atoms with E-state index in [1.165, 1.54) is 3.97 Å². The molecule has 0 spiro atoms. The Morgan fingerprint density at radius 1 is 0.824 bits per heavy atom. The number of hydrogen-bond donors (Lipinski definition) is 1. The van der Waals surface area contributed by atoms with Crippen LogP contribution in [0.2, 0.25) is 0 Å². The van der Waals surface area contributed by atoms with Crippen molar-refractivity contribution in [2.24, 2.45) is 5.73 Å². The molecule has 0 radical (unpaired) electrons. The fourth-order valence-corrected chi connectivity index (χ4v) is 5.78. The van der Waals surface area contributed by atoms with Gasteiger partial charge in [0.05, 0.1) is 10.4 Å². The molecule has 0 aliphatic carbocycles. The zero-order chi connectivity index (χ0) is 24.0. The molecule has 1 amide bonds. The maximum atomic E-state index is 13.2. The number of carbonyl (C=O) groups is 1. The Balaban J connectivity index is 1.64. The third kappa shape index (κ3) is 3.48. The Morgan fingerprint density at radius 3 is 2.06 bits per heavy atom. The first-order valence-corrected chi connectivity index (χ1v) is 12.1. The molecule has 0 fully saturated rings. The van der Waals surface area contributed by atoms with Crippen molar-refractivity contribution in [3.05, 3.63) is 102 Å². The molecule has 5 aromatic rings. The minimum Gasteiger partial charge on any atom is -0.366 e. The number of nitrogens with zero attached hydrogens (tertiary/aromatic N) is 3. The maximum Gasteiger partial charge on any atom is 0.268 e. The van der Waals surface area contributed by atoms with Gasteiger partial charge in [-0.2, -0.15) is 5.10 Å². The molecule has 8 heteroatoms. The average molecular weight is 471 g/mol. The van der Waals surface area contributed by atoms with Crippen LogP contribution in [0.4, 0.5) is 0 Å². The maximum absolute atomic E-state index is 13.2. The number of nitrogens with two attached hydrogens (primary N) is 1. The van der Waals surface area contributed by atoms with Crippen molar-refractivity contribution < 1.29 is 13.2 Å². The molecule has 7 nitrogen and oxygen atoms in total. The van der Waals surface area contributed by atoms with E-state index in [2.05, 4.69) is 0 Å². The van der Waals surface area contributed by atoms with Crippen LogP contribution in [0.5, 0.6) is 0 Å². The Hall–Kier alpha value is -4.17. The number of fused-ring (bicyclic) bond motifs is 1. The van der Waals surface area contributed by atoms with Crippen LogP contribution in [0.15, 0.2) is 90.0 Å². The van der Waals surface area contributed by atoms with E-state index in [-0.39, 0.29) is 4.90 Å². The van der Waals surface area contributed by atoms with Crippen LogP contribution in [-0.4, -0.2) is 27.9 Å². The van der Waals surface area contributed by atoms with Crippen molar-refractivity contribution in [2.75, 3.05) is 0 Å².